The highest BCUT2D eigenvalue weighted by Gasteiger charge is 2.51. The van der Waals surface area contributed by atoms with Gasteiger partial charge in [-0.25, -0.2) is 14.6 Å². The molecule has 0 spiro atoms. The Morgan fingerprint density at radius 2 is 1.76 bits per heavy atom. The lowest BCUT2D eigenvalue weighted by Gasteiger charge is -2.55. The van der Waals surface area contributed by atoms with Gasteiger partial charge in [-0.15, -0.1) is 0 Å². The number of methoxy groups -OCH3 is 1. The van der Waals surface area contributed by atoms with E-state index in [1.807, 2.05) is 28.1 Å². The molecule has 4 heterocycles. The number of benzene rings is 1. The number of anilines is 1. The van der Waals surface area contributed by atoms with E-state index in [1.165, 1.54) is 16.0 Å². The van der Waals surface area contributed by atoms with E-state index >= 15 is 0 Å². The molecule has 262 valence electrons. The zero-order chi connectivity index (χ0) is 34.3. The fraction of sp³-hybridized carbons (Fsp3) is 0.579. The van der Waals surface area contributed by atoms with E-state index in [0.29, 0.717) is 51.4 Å². The third-order valence-corrected chi connectivity index (χ3v) is 11.8. The number of fused-ring (bicyclic) bond motifs is 3. The van der Waals surface area contributed by atoms with Crippen LogP contribution in [0.25, 0.3) is 11.1 Å². The number of nitrogens with zero attached hydrogens (tertiary/aromatic N) is 5. The fourth-order valence-electron chi connectivity index (χ4n) is 8.59. The number of aromatic amines is 1. The van der Waals surface area contributed by atoms with Gasteiger partial charge in [-0.2, -0.15) is 5.10 Å². The molecule has 0 unspecified atom stereocenters. The van der Waals surface area contributed by atoms with E-state index in [-0.39, 0.29) is 35.0 Å². The van der Waals surface area contributed by atoms with Crippen molar-refractivity contribution in [1.29, 1.82) is 0 Å². The predicted octanol–water partition coefficient (Wildman–Crippen LogP) is 6.41. The summed E-state index contributed by atoms with van der Waals surface area (Å²) >= 11 is 0. The van der Waals surface area contributed by atoms with Crippen molar-refractivity contribution in [2.75, 3.05) is 44.7 Å². The van der Waals surface area contributed by atoms with Gasteiger partial charge in [0.1, 0.15) is 17.7 Å². The number of rotatable bonds is 8. The van der Waals surface area contributed by atoms with E-state index in [1.54, 1.807) is 13.3 Å². The lowest BCUT2D eigenvalue weighted by atomic mass is 9.51. The number of carbonyl (C=O) groups excluding carboxylic acids is 2. The zero-order valence-corrected chi connectivity index (χ0v) is 29.3. The normalized spacial score (nSPS) is 24.2. The standard InChI is InChI=1S/C38H50N6O5/c1-25(2)34-31(21-40-41-34)27-7-16-39-33(20-27)44(35(46)42-17-8-30(9-18-42)49-36(47)43-22-29(45)23-43)24-37-10-13-38(14-11-37,15-12-37)28-5-6-32(48-4)26(3)19-28/h5-7,16,19-21,25,29-30,45H,8-15,17-18,22-24H2,1-4H3,(H,40,41). The number of urea groups is 1. The number of aromatic nitrogens is 3. The van der Waals surface area contributed by atoms with Crippen LogP contribution in [0, 0.1) is 12.3 Å². The van der Waals surface area contributed by atoms with Crippen LogP contribution < -0.4 is 9.64 Å². The van der Waals surface area contributed by atoms with Crippen molar-refractivity contribution in [1.82, 2.24) is 25.0 Å². The highest BCUT2D eigenvalue weighted by Crippen LogP contribution is 2.58. The van der Waals surface area contributed by atoms with Crippen LogP contribution in [-0.2, 0) is 10.2 Å². The van der Waals surface area contributed by atoms with Gasteiger partial charge in [-0.05, 0) is 97.1 Å². The number of nitrogens with one attached hydrogen (secondary N) is 1. The average Bonchev–Trinajstić information content (AvgIpc) is 3.61. The fourth-order valence-corrected chi connectivity index (χ4v) is 8.59. The Bertz CT molecular complexity index is 1650. The molecule has 3 aromatic rings. The van der Waals surface area contributed by atoms with Crippen LogP contribution in [0.5, 0.6) is 5.75 Å². The monoisotopic (exact) mass is 670 g/mol. The molecule has 0 radical (unpaired) electrons. The first-order chi connectivity index (χ1) is 23.6. The molecule has 2 saturated heterocycles. The molecular formula is C38H50N6O5. The zero-order valence-electron chi connectivity index (χ0n) is 29.3. The van der Waals surface area contributed by atoms with Gasteiger partial charge in [0.25, 0.3) is 0 Å². The minimum Gasteiger partial charge on any atom is -0.496 e. The molecule has 11 heteroatoms. The summed E-state index contributed by atoms with van der Waals surface area (Å²) in [4.78, 5) is 37.2. The van der Waals surface area contributed by atoms with Gasteiger partial charge in [0, 0.05) is 50.4 Å². The third kappa shape index (κ3) is 6.49. The van der Waals surface area contributed by atoms with Gasteiger partial charge < -0.3 is 24.4 Å². The Balaban J connectivity index is 1.11. The van der Waals surface area contributed by atoms with Crippen LogP contribution in [-0.4, -0.2) is 94.3 Å². The van der Waals surface area contributed by atoms with Gasteiger partial charge in [-0.1, -0.05) is 26.0 Å². The second-order valence-corrected chi connectivity index (χ2v) is 15.2. The molecule has 1 aromatic carbocycles. The van der Waals surface area contributed by atoms with Gasteiger partial charge >= 0.3 is 12.1 Å². The summed E-state index contributed by atoms with van der Waals surface area (Å²) in [5.74, 6) is 1.83. The number of pyridine rings is 1. The molecule has 11 nitrogen and oxygen atoms in total. The highest BCUT2D eigenvalue weighted by atomic mass is 16.6. The first kappa shape index (κ1) is 33.4. The molecule has 5 fully saturated rings. The Labute approximate surface area is 289 Å². The van der Waals surface area contributed by atoms with Crippen molar-refractivity contribution in [3.05, 3.63) is 59.5 Å². The number of piperidine rings is 1. The van der Waals surface area contributed by atoms with Gasteiger partial charge in [0.15, 0.2) is 0 Å². The maximum Gasteiger partial charge on any atom is 0.410 e. The summed E-state index contributed by atoms with van der Waals surface area (Å²) in [5.41, 5.74) is 5.78. The number of aliphatic hydroxyl groups is 1. The van der Waals surface area contributed by atoms with Crippen LogP contribution in [0.4, 0.5) is 15.4 Å². The molecule has 3 amide bonds. The lowest BCUT2D eigenvalue weighted by molar-refractivity contribution is -0.0227. The number of H-pyrrole nitrogens is 1. The van der Waals surface area contributed by atoms with Crippen LogP contribution in [0.2, 0.25) is 0 Å². The van der Waals surface area contributed by atoms with Crippen LogP contribution in [0.1, 0.15) is 88.0 Å². The van der Waals surface area contributed by atoms with Crippen LogP contribution >= 0.6 is 0 Å². The number of amides is 3. The average molecular weight is 671 g/mol. The van der Waals surface area contributed by atoms with E-state index in [4.69, 9.17) is 14.5 Å². The number of β-amino-alcohol motifs (C(OH)–C–C–N with tert-alkyl or cyclic N) is 1. The van der Waals surface area contributed by atoms with E-state index in [9.17, 15) is 14.7 Å². The summed E-state index contributed by atoms with van der Waals surface area (Å²) < 4.78 is 11.3. The largest absolute Gasteiger partial charge is 0.496 e. The maximum atomic E-state index is 14.6. The molecule has 49 heavy (non-hydrogen) atoms. The number of ether oxygens (including phenoxy) is 2. The minimum atomic E-state index is -0.466. The highest BCUT2D eigenvalue weighted by molar-refractivity contribution is 5.92. The molecular weight excluding hydrogens is 620 g/mol. The molecule has 2 bridgehead atoms. The summed E-state index contributed by atoms with van der Waals surface area (Å²) in [6.45, 7) is 8.64. The second-order valence-electron chi connectivity index (χ2n) is 15.2. The quantitative estimate of drug-likeness (QED) is 0.284. The summed E-state index contributed by atoms with van der Waals surface area (Å²) in [6.07, 6.45) is 10.3. The molecule has 0 atom stereocenters. The molecule has 2 N–H and O–H groups in total. The second kappa shape index (κ2) is 13.3. The number of carbonyl (C=O) groups is 2. The van der Waals surface area contributed by atoms with Gasteiger partial charge in [0.2, 0.25) is 0 Å². The third-order valence-electron chi connectivity index (χ3n) is 11.8. The van der Waals surface area contributed by atoms with Crippen LogP contribution in [0.15, 0.2) is 42.7 Å². The Morgan fingerprint density at radius 1 is 1.04 bits per heavy atom. The van der Waals surface area contributed by atoms with E-state index < -0.39 is 6.10 Å². The predicted molar refractivity (Wildman–Crippen MR) is 187 cm³/mol. The van der Waals surface area contributed by atoms with Crippen molar-refractivity contribution < 1.29 is 24.2 Å². The molecule has 5 aliphatic rings. The van der Waals surface area contributed by atoms with E-state index in [0.717, 1.165) is 61.1 Å². The van der Waals surface area contributed by atoms with Gasteiger partial charge in [-0.3, -0.25) is 10.00 Å². The molecule has 3 saturated carbocycles. The Kier molecular flexibility index (Phi) is 9.06. The number of aliphatic hydroxyl groups excluding tert-OH is 1. The molecule has 2 aliphatic heterocycles. The minimum absolute atomic E-state index is 0.0188. The first-order valence-corrected chi connectivity index (χ1v) is 17.9. The Morgan fingerprint density at radius 3 is 2.39 bits per heavy atom. The molecule has 2 aromatic heterocycles. The van der Waals surface area contributed by atoms with Crippen molar-refractivity contribution in [3.63, 3.8) is 0 Å². The lowest BCUT2D eigenvalue weighted by Crippen LogP contribution is -2.56. The summed E-state index contributed by atoms with van der Waals surface area (Å²) in [6, 6.07) is 10.7. The number of hydrogen-bond donors (Lipinski definition) is 2. The number of likely N-dealkylation sites (tertiary alicyclic amines) is 2. The van der Waals surface area contributed by atoms with Gasteiger partial charge in [0.05, 0.1) is 32.0 Å². The van der Waals surface area contributed by atoms with E-state index in [2.05, 4.69) is 49.2 Å². The molecule has 3 aliphatic carbocycles. The maximum absolute atomic E-state index is 14.6. The van der Waals surface area contributed by atoms with Crippen LogP contribution in [0.3, 0.4) is 0 Å². The SMILES string of the molecule is COc1ccc(C23CCC(CN(C(=O)N4CCC(OC(=O)N5CC(O)C5)CC4)c4cc(-c5c[nH]nc5C(C)C)ccn4)(CC2)CC3)cc1C. The summed E-state index contributed by atoms with van der Waals surface area (Å²) in [7, 11) is 1.73. The first-order valence-electron chi connectivity index (χ1n) is 17.9. The number of hydrogen-bond acceptors (Lipinski definition) is 7. The van der Waals surface area contributed by atoms with Crippen molar-refractivity contribution in [2.24, 2.45) is 5.41 Å². The topological polar surface area (TPSA) is 124 Å². The smallest absolute Gasteiger partial charge is 0.410 e. The summed E-state index contributed by atoms with van der Waals surface area (Å²) in [5, 5.41) is 17.1. The molecule has 8 rings (SSSR count). The Hall–Kier alpha value is -4.12. The van der Waals surface area contributed by atoms with Crippen molar-refractivity contribution >= 4 is 17.9 Å². The van der Waals surface area contributed by atoms with Crippen molar-refractivity contribution in [2.45, 2.75) is 95.7 Å². The van der Waals surface area contributed by atoms with Crippen molar-refractivity contribution in [3.8, 4) is 16.9 Å². The number of aryl methyl sites for hydroxylation is 1.